The van der Waals surface area contributed by atoms with Crippen LogP contribution in [0.5, 0.6) is 0 Å². The van der Waals surface area contributed by atoms with Crippen molar-refractivity contribution in [1.82, 2.24) is 5.48 Å². The normalized spacial score (nSPS) is 9.95. The first kappa shape index (κ1) is 15.1. The Labute approximate surface area is 111 Å². The van der Waals surface area contributed by atoms with Crippen LogP contribution in [0.2, 0.25) is 0 Å². The predicted molar refractivity (Wildman–Crippen MR) is 69.7 cm³/mol. The Morgan fingerprint density at radius 1 is 1.11 bits per heavy atom. The third kappa shape index (κ3) is 7.17. The van der Waals surface area contributed by atoms with Crippen LogP contribution in [0.15, 0.2) is 30.3 Å². The zero-order valence-corrected chi connectivity index (χ0v) is 10.6. The highest BCUT2D eigenvalue weighted by atomic mass is 16.5. The summed E-state index contributed by atoms with van der Waals surface area (Å²) in [7, 11) is 0. The van der Waals surface area contributed by atoms with E-state index in [1.54, 1.807) is 17.6 Å². The van der Waals surface area contributed by atoms with Gasteiger partial charge in [-0.25, -0.2) is 5.48 Å². The summed E-state index contributed by atoms with van der Waals surface area (Å²) in [6.45, 7) is 0.391. The second kappa shape index (κ2) is 9.07. The largest absolute Gasteiger partial charge is 0.372 e. The van der Waals surface area contributed by atoms with Crippen molar-refractivity contribution >= 4 is 17.5 Å². The lowest BCUT2D eigenvalue weighted by Crippen LogP contribution is -2.19. The summed E-state index contributed by atoms with van der Waals surface area (Å²) in [6, 6.07) is 9.14. The molecule has 0 saturated carbocycles. The first-order valence-electron chi connectivity index (χ1n) is 6.08. The quantitative estimate of drug-likeness (QED) is 0.376. The molecule has 19 heavy (non-hydrogen) atoms. The van der Waals surface area contributed by atoms with Crippen LogP contribution in [-0.4, -0.2) is 30.2 Å². The van der Waals surface area contributed by atoms with Crippen LogP contribution in [0.4, 0.5) is 5.69 Å². The van der Waals surface area contributed by atoms with Crippen LogP contribution >= 0.6 is 0 Å². The van der Waals surface area contributed by atoms with E-state index in [1.807, 2.05) is 18.2 Å². The van der Waals surface area contributed by atoms with Gasteiger partial charge in [0, 0.05) is 18.7 Å². The van der Waals surface area contributed by atoms with E-state index in [9.17, 15) is 9.59 Å². The molecule has 0 fully saturated rings. The monoisotopic (exact) mass is 266 g/mol. The molecule has 1 aromatic carbocycles. The van der Waals surface area contributed by atoms with E-state index in [1.165, 1.54) is 0 Å². The number of nitrogens with one attached hydrogen (secondary N) is 2. The summed E-state index contributed by atoms with van der Waals surface area (Å²) in [5.74, 6) is -0.624. The Morgan fingerprint density at radius 2 is 1.84 bits per heavy atom. The third-order valence-corrected chi connectivity index (χ3v) is 2.36. The zero-order valence-electron chi connectivity index (χ0n) is 10.6. The number of para-hydroxylation sites is 1. The van der Waals surface area contributed by atoms with Crippen molar-refractivity contribution in [2.24, 2.45) is 0 Å². The van der Waals surface area contributed by atoms with Crippen molar-refractivity contribution in [2.45, 2.75) is 19.3 Å². The molecule has 0 bridgehead atoms. The van der Waals surface area contributed by atoms with Crippen LogP contribution in [0, 0.1) is 0 Å². The molecule has 0 aliphatic carbocycles. The number of unbranched alkanes of at least 4 members (excludes halogenated alkanes) is 1. The van der Waals surface area contributed by atoms with E-state index in [2.05, 4.69) is 5.32 Å². The van der Waals surface area contributed by atoms with Gasteiger partial charge in [-0.2, -0.15) is 0 Å². The van der Waals surface area contributed by atoms with Crippen molar-refractivity contribution < 1.29 is 19.5 Å². The first-order valence-corrected chi connectivity index (χ1v) is 6.08. The van der Waals surface area contributed by atoms with E-state index >= 15 is 0 Å². The molecule has 1 aromatic rings. The van der Waals surface area contributed by atoms with Crippen molar-refractivity contribution in [3.8, 4) is 0 Å². The molecule has 0 atom stereocenters. The van der Waals surface area contributed by atoms with Gasteiger partial charge in [0.1, 0.15) is 6.61 Å². The Bertz CT molecular complexity index is 395. The number of carbonyl (C=O) groups excluding carboxylic acids is 2. The molecule has 0 spiro atoms. The Balaban J connectivity index is 2.03. The summed E-state index contributed by atoms with van der Waals surface area (Å²) in [5.41, 5.74) is 2.29. The van der Waals surface area contributed by atoms with E-state index in [0.717, 1.165) is 5.69 Å². The second-order valence-corrected chi connectivity index (χ2v) is 3.96. The highest BCUT2D eigenvalue weighted by molar-refractivity contribution is 5.91. The number of rotatable bonds is 8. The molecule has 6 heteroatoms. The molecule has 0 radical (unpaired) electrons. The number of carbonyl (C=O) groups is 2. The molecule has 0 saturated heterocycles. The van der Waals surface area contributed by atoms with E-state index < -0.39 is 5.91 Å². The summed E-state index contributed by atoms with van der Waals surface area (Å²) >= 11 is 0. The molecule has 1 rings (SSSR count). The lowest BCUT2D eigenvalue weighted by Gasteiger charge is -2.06. The first-order chi connectivity index (χ1) is 9.22. The molecular formula is C13H18N2O4. The maximum absolute atomic E-state index is 11.5. The molecule has 0 heterocycles. The number of anilines is 1. The average molecular weight is 266 g/mol. The Morgan fingerprint density at radius 3 is 2.53 bits per heavy atom. The maximum atomic E-state index is 11.5. The summed E-state index contributed by atoms with van der Waals surface area (Å²) in [4.78, 5) is 22.2. The van der Waals surface area contributed by atoms with Gasteiger partial charge in [0.05, 0.1) is 0 Å². The minimum Gasteiger partial charge on any atom is -0.372 e. The fraction of sp³-hybridized carbons (Fsp3) is 0.385. The van der Waals surface area contributed by atoms with Crippen LogP contribution in [0.1, 0.15) is 19.3 Å². The number of ether oxygens (including phenoxy) is 1. The number of hydrogen-bond acceptors (Lipinski definition) is 4. The topological polar surface area (TPSA) is 87.7 Å². The van der Waals surface area contributed by atoms with Gasteiger partial charge in [-0.15, -0.1) is 0 Å². The lowest BCUT2D eigenvalue weighted by atomic mass is 10.2. The number of amides is 2. The maximum Gasteiger partial charge on any atom is 0.250 e. The number of hydrogen-bond donors (Lipinski definition) is 3. The molecule has 2 amide bonds. The Hall–Kier alpha value is -1.92. The van der Waals surface area contributed by atoms with Gasteiger partial charge in [0.2, 0.25) is 11.8 Å². The van der Waals surface area contributed by atoms with Gasteiger partial charge in [-0.3, -0.25) is 14.8 Å². The summed E-state index contributed by atoms with van der Waals surface area (Å²) in [5, 5.41) is 11.0. The minimum absolute atomic E-state index is 0.0128. The van der Waals surface area contributed by atoms with E-state index in [-0.39, 0.29) is 18.9 Å². The zero-order chi connectivity index (χ0) is 13.9. The third-order valence-electron chi connectivity index (χ3n) is 2.36. The van der Waals surface area contributed by atoms with Crippen molar-refractivity contribution in [3.05, 3.63) is 30.3 Å². The lowest BCUT2D eigenvalue weighted by molar-refractivity contribution is -0.129. The van der Waals surface area contributed by atoms with Gasteiger partial charge < -0.3 is 10.1 Å². The SMILES string of the molecule is O=C(CCCCOCC(=O)Nc1ccccc1)NO. The smallest absolute Gasteiger partial charge is 0.250 e. The second-order valence-electron chi connectivity index (χ2n) is 3.96. The minimum atomic E-state index is -0.415. The summed E-state index contributed by atoms with van der Waals surface area (Å²) in [6.07, 6.45) is 1.51. The molecule has 3 N–H and O–H groups in total. The molecule has 0 aliphatic rings. The molecule has 104 valence electrons. The van der Waals surface area contributed by atoms with Gasteiger partial charge >= 0.3 is 0 Å². The van der Waals surface area contributed by atoms with Gasteiger partial charge in [0.15, 0.2) is 0 Å². The van der Waals surface area contributed by atoms with E-state index in [0.29, 0.717) is 19.4 Å². The van der Waals surface area contributed by atoms with Gasteiger partial charge in [0.25, 0.3) is 0 Å². The van der Waals surface area contributed by atoms with Crippen LogP contribution in [-0.2, 0) is 14.3 Å². The van der Waals surface area contributed by atoms with E-state index in [4.69, 9.17) is 9.94 Å². The van der Waals surface area contributed by atoms with Crippen molar-refractivity contribution in [1.29, 1.82) is 0 Å². The highest BCUT2D eigenvalue weighted by Gasteiger charge is 2.02. The van der Waals surface area contributed by atoms with Crippen LogP contribution in [0.3, 0.4) is 0 Å². The van der Waals surface area contributed by atoms with Crippen molar-refractivity contribution in [3.63, 3.8) is 0 Å². The molecule has 0 aliphatic heterocycles. The Kier molecular flexibility index (Phi) is 7.23. The molecular weight excluding hydrogens is 248 g/mol. The highest BCUT2D eigenvalue weighted by Crippen LogP contribution is 2.04. The predicted octanol–water partition coefficient (Wildman–Crippen LogP) is 1.32. The van der Waals surface area contributed by atoms with Crippen LogP contribution < -0.4 is 10.8 Å². The van der Waals surface area contributed by atoms with Gasteiger partial charge in [-0.1, -0.05) is 18.2 Å². The molecule has 0 aromatic heterocycles. The number of benzene rings is 1. The average Bonchev–Trinajstić information content (AvgIpc) is 2.43. The summed E-state index contributed by atoms with van der Waals surface area (Å²) < 4.78 is 5.18. The van der Waals surface area contributed by atoms with Crippen molar-refractivity contribution in [2.75, 3.05) is 18.5 Å². The van der Waals surface area contributed by atoms with Crippen LogP contribution in [0.25, 0.3) is 0 Å². The standard InChI is InChI=1S/C13H18N2O4/c16-12(15-18)8-4-5-9-19-10-13(17)14-11-6-2-1-3-7-11/h1-3,6-7,18H,4-5,8-10H2,(H,14,17)(H,15,16). The fourth-order valence-electron chi connectivity index (χ4n) is 1.43. The molecule has 0 unspecified atom stereocenters. The number of hydroxylamine groups is 1. The molecule has 6 nitrogen and oxygen atoms in total. The fourth-order valence-corrected chi connectivity index (χ4v) is 1.43. The van der Waals surface area contributed by atoms with Gasteiger partial charge in [-0.05, 0) is 25.0 Å².